The summed E-state index contributed by atoms with van der Waals surface area (Å²) in [6.45, 7) is 3.38. The van der Waals surface area contributed by atoms with E-state index in [4.69, 9.17) is 9.47 Å². The van der Waals surface area contributed by atoms with Gasteiger partial charge in [0.2, 0.25) is 5.91 Å². The molecular weight excluding hydrogens is 244 g/mol. The normalized spacial score (nSPS) is 23.4. The van der Waals surface area contributed by atoms with Crippen molar-refractivity contribution in [3.05, 3.63) is 23.8 Å². The van der Waals surface area contributed by atoms with Crippen LogP contribution in [-0.2, 0) is 10.3 Å². The first-order valence-corrected chi connectivity index (χ1v) is 6.37. The quantitative estimate of drug-likeness (QED) is 0.856. The van der Waals surface area contributed by atoms with Gasteiger partial charge < -0.3 is 14.8 Å². The lowest BCUT2D eigenvalue weighted by Gasteiger charge is -2.28. The van der Waals surface area contributed by atoms with Crippen molar-refractivity contribution in [2.75, 3.05) is 27.3 Å². The summed E-state index contributed by atoms with van der Waals surface area (Å²) in [5, 5.41) is 6.23. The van der Waals surface area contributed by atoms with Crippen molar-refractivity contribution in [2.24, 2.45) is 0 Å². The molecule has 19 heavy (non-hydrogen) atoms. The molecule has 1 fully saturated rings. The van der Waals surface area contributed by atoms with Crippen LogP contribution in [0, 0.1) is 0 Å². The zero-order chi connectivity index (χ0) is 13.9. The Kier molecular flexibility index (Phi) is 3.95. The number of methoxy groups -OCH3 is 2. The Morgan fingerprint density at radius 1 is 1.16 bits per heavy atom. The minimum absolute atomic E-state index is 0.0165. The number of amides is 1. The molecule has 5 heteroatoms. The predicted octanol–water partition coefficient (Wildman–Crippen LogP) is 1.03. The number of nitrogens with one attached hydrogen (secondary N) is 2. The fourth-order valence-corrected chi connectivity index (χ4v) is 2.27. The molecule has 1 aliphatic heterocycles. The lowest BCUT2D eigenvalue weighted by atomic mass is 9.90. The molecule has 1 unspecified atom stereocenters. The average Bonchev–Trinajstić information content (AvgIpc) is 2.61. The van der Waals surface area contributed by atoms with E-state index in [0.29, 0.717) is 18.0 Å². The molecule has 2 N–H and O–H groups in total. The van der Waals surface area contributed by atoms with Gasteiger partial charge in [0, 0.05) is 6.54 Å². The minimum atomic E-state index is -0.740. The molecule has 1 atom stereocenters. The van der Waals surface area contributed by atoms with Gasteiger partial charge in [0.25, 0.3) is 0 Å². The fraction of sp³-hybridized carbons (Fsp3) is 0.500. The Balaban J connectivity index is 2.41. The molecule has 1 amide bonds. The molecule has 1 aromatic rings. The van der Waals surface area contributed by atoms with Crippen LogP contribution in [0.15, 0.2) is 18.2 Å². The number of hydrogen-bond acceptors (Lipinski definition) is 4. The Morgan fingerprint density at radius 2 is 1.89 bits per heavy atom. The van der Waals surface area contributed by atoms with E-state index in [1.54, 1.807) is 14.2 Å². The summed E-state index contributed by atoms with van der Waals surface area (Å²) in [4.78, 5) is 12.2. The van der Waals surface area contributed by atoms with Gasteiger partial charge in [-0.2, -0.15) is 0 Å². The third-order valence-electron chi connectivity index (χ3n) is 3.53. The average molecular weight is 264 g/mol. The Bertz CT molecular complexity index is 476. The SMILES string of the molecule is COc1ccc(C2(C)NCCCNC2=O)cc1OC. The van der Waals surface area contributed by atoms with Crippen molar-refractivity contribution in [1.82, 2.24) is 10.6 Å². The van der Waals surface area contributed by atoms with Crippen LogP contribution in [0.5, 0.6) is 11.5 Å². The van der Waals surface area contributed by atoms with Gasteiger partial charge >= 0.3 is 0 Å². The first-order valence-electron chi connectivity index (χ1n) is 6.37. The molecule has 0 bridgehead atoms. The highest BCUT2D eigenvalue weighted by atomic mass is 16.5. The summed E-state index contributed by atoms with van der Waals surface area (Å²) < 4.78 is 10.5. The van der Waals surface area contributed by atoms with E-state index in [0.717, 1.165) is 18.5 Å². The molecule has 2 rings (SSSR count). The third kappa shape index (κ3) is 2.51. The summed E-state index contributed by atoms with van der Waals surface area (Å²) in [6.07, 6.45) is 0.925. The van der Waals surface area contributed by atoms with Crippen molar-refractivity contribution in [3.8, 4) is 11.5 Å². The molecule has 1 heterocycles. The van der Waals surface area contributed by atoms with Crippen LogP contribution in [0.4, 0.5) is 0 Å². The zero-order valence-corrected chi connectivity index (χ0v) is 11.6. The maximum Gasteiger partial charge on any atom is 0.244 e. The molecule has 0 aromatic heterocycles. The number of ether oxygens (including phenoxy) is 2. The topological polar surface area (TPSA) is 59.6 Å². The first kappa shape index (κ1) is 13.7. The van der Waals surface area contributed by atoms with Gasteiger partial charge in [0.05, 0.1) is 14.2 Å². The minimum Gasteiger partial charge on any atom is -0.493 e. The molecule has 104 valence electrons. The van der Waals surface area contributed by atoms with Crippen LogP contribution in [-0.4, -0.2) is 33.2 Å². The van der Waals surface area contributed by atoms with Gasteiger partial charge in [-0.05, 0) is 37.6 Å². The van der Waals surface area contributed by atoms with Crippen LogP contribution in [0.3, 0.4) is 0 Å². The molecule has 1 saturated heterocycles. The number of carbonyl (C=O) groups excluding carboxylic acids is 1. The van der Waals surface area contributed by atoms with Crippen LogP contribution in [0.1, 0.15) is 18.9 Å². The smallest absolute Gasteiger partial charge is 0.244 e. The highest BCUT2D eigenvalue weighted by Crippen LogP contribution is 2.32. The van der Waals surface area contributed by atoms with Gasteiger partial charge in [-0.25, -0.2) is 0 Å². The molecule has 1 aliphatic rings. The first-order chi connectivity index (χ1) is 9.11. The van der Waals surface area contributed by atoms with E-state index in [1.807, 2.05) is 25.1 Å². The standard InChI is InChI=1S/C14H20N2O3/c1-14(13(17)15-7-4-8-16-14)10-5-6-11(18-2)12(9-10)19-3/h5-6,9,16H,4,7-8H2,1-3H3,(H,15,17). The highest BCUT2D eigenvalue weighted by Gasteiger charge is 2.36. The summed E-state index contributed by atoms with van der Waals surface area (Å²) >= 11 is 0. The van der Waals surface area contributed by atoms with Gasteiger partial charge in [-0.15, -0.1) is 0 Å². The molecule has 0 saturated carbocycles. The van der Waals surface area contributed by atoms with E-state index in [1.165, 1.54) is 0 Å². The maximum absolute atomic E-state index is 12.2. The largest absolute Gasteiger partial charge is 0.493 e. The van der Waals surface area contributed by atoms with Crippen molar-refractivity contribution in [2.45, 2.75) is 18.9 Å². The van der Waals surface area contributed by atoms with Gasteiger partial charge in [-0.1, -0.05) is 6.07 Å². The monoisotopic (exact) mass is 264 g/mol. The molecule has 0 radical (unpaired) electrons. The van der Waals surface area contributed by atoms with E-state index >= 15 is 0 Å². The summed E-state index contributed by atoms with van der Waals surface area (Å²) in [5.74, 6) is 1.26. The number of hydrogen-bond donors (Lipinski definition) is 2. The van der Waals surface area contributed by atoms with Crippen molar-refractivity contribution in [3.63, 3.8) is 0 Å². The zero-order valence-electron chi connectivity index (χ0n) is 11.6. The number of rotatable bonds is 3. The van der Waals surface area contributed by atoms with Gasteiger partial charge in [-0.3, -0.25) is 10.1 Å². The third-order valence-corrected chi connectivity index (χ3v) is 3.53. The molecule has 0 spiro atoms. The van der Waals surface area contributed by atoms with Crippen molar-refractivity contribution < 1.29 is 14.3 Å². The predicted molar refractivity (Wildman–Crippen MR) is 72.5 cm³/mol. The summed E-state index contributed by atoms with van der Waals surface area (Å²) in [7, 11) is 3.18. The summed E-state index contributed by atoms with van der Waals surface area (Å²) in [5.41, 5.74) is 0.125. The second-order valence-electron chi connectivity index (χ2n) is 4.73. The second-order valence-corrected chi connectivity index (χ2v) is 4.73. The molecule has 0 aliphatic carbocycles. The lowest BCUT2D eigenvalue weighted by Crippen LogP contribution is -2.49. The Morgan fingerprint density at radius 3 is 2.58 bits per heavy atom. The van der Waals surface area contributed by atoms with E-state index in [9.17, 15) is 4.79 Å². The fourth-order valence-electron chi connectivity index (χ4n) is 2.27. The highest BCUT2D eigenvalue weighted by molar-refractivity contribution is 5.87. The Labute approximate surface area is 113 Å². The van der Waals surface area contributed by atoms with E-state index in [-0.39, 0.29) is 5.91 Å². The lowest BCUT2D eigenvalue weighted by molar-refractivity contribution is -0.126. The van der Waals surface area contributed by atoms with Gasteiger partial charge in [0.1, 0.15) is 5.54 Å². The van der Waals surface area contributed by atoms with Crippen molar-refractivity contribution >= 4 is 5.91 Å². The second kappa shape index (κ2) is 5.48. The van der Waals surface area contributed by atoms with Crippen molar-refractivity contribution in [1.29, 1.82) is 0 Å². The van der Waals surface area contributed by atoms with Crippen LogP contribution in [0.2, 0.25) is 0 Å². The maximum atomic E-state index is 12.2. The molecular formula is C14H20N2O3. The number of benzene rings is 1. The van der Waals surface area contributed by atoms with Crippen LogP contribution < -0.4 is 20.1 Å². The molecule has 1 aromatic carbocycles. The van der Waals surface area contributed by atoms with E-state index in [2.05, 4.69) is 10.6 Å². The summed E-state index contributed by atoms with van der Waals surface area (Å²) in [6, 6.07) is 5.55. The Hall–Kier alpha value is -1.75. The van der Waals surface area contributed by atoms with Gasteiger partial charge in [0.15, 0.2) is 11.5 Å². The van der Waals surface area contributed by atoms with Crippen LogP contribution >= 0.6 is 0 Å². The number of carbonyl (C=O) groups is 1. The molecule has 5 nitrogen and oxygen atoms in total. The van der Waals surface area contributed by atoms with E-state index < -0.39 is 5.54 Å². The van der Waals surface area contributed by atoms with Crippen LogP contribution in [0.25, 0.3) is 0 Å².